The summed E-state index contributed by atoms with van der Waals surface area (Å²) in [5.74, 6) is 2.22. The number of anilines is 1. The van der Waals surface area contributed by atoms with Crippen LogP contribution in [0.25, 0.3) is 0 Å². The van der Waals surface area contributed by atoms with Crippen molar-refractivity contribution in [1.29, 1.82) is 0 Å². The van der Waals surface area contributed by atoms with Gasteiger partial charge in [0.1, 0.15) is 12.1 Å². The summed E-state index contributed by atoms with van der Waals surface area (Å²) in [5, 5.41) is 0. The zero-order chi connectivity index (χ0) is 13.0. The first-order valence-electron chi connectivity index (χ1n) is 6.56. The minimum atomic E-state index is 0.448. The van der Waals surface area contributed by atoms with E-state index in [1.807, 2.05) is 0 Å². The molecule has 1 aromatic heterocycles. The number of piperazine rings is 1. The molecule has 5 heteroatoms. The van der Waals surface area contributed by atoms with E-state index in [1.165, 1.54) is 0 Å². The molecule has 0 aliphatic carbocycles. The van der Waals surface area contributed by atoms with Gasteiger partial charge in [0.05, 0.1) is 0 Å². The lowest BCUT2D eigenvalue weighted by molar-refractivity contribution is 0.272. The highest BCUT2D eigenvalue weighted by molar-refractivity contribution is 6.18. The van der Waals surface area contributed by atoms with Crippen molar-refractivity contribution >= 4 is 17.4 Å². The van der Waals surface area contributed by atoms with Crippen LogP contribution in [0.4, 0.5) is 5.82 Å². The van der Waals surface area contributed by atoms with Gasteiger partial charge in [-0.3, -0.25) is 4.90 Å². The Kier molecular flexibility index (Phi) is 4.78. The average molecular weight is 269 g/mol. The van der Waals surface area contributed by atoms with E-state index in [0.717, 1.165) is 44.2 Å². The summed E-state index contributed by atoms with van der Waals surface area (Å²) in [6.07, 6.45) is 1.68. The van der Waals surface area contributed by atoms with Crippen molar-refractivity contribution in [2.45, 2.75) is 19.8 Å². The van der Waals surface area contributed by atoms with E-state index in [4.69, 9.17) is 11.6 Å². The molecule has 0 bridgehead atoms. The quantitative estimate of drug-likeness (QED) is 0.782. The van der Waals surface area contributed by atoms with Crippen molar-refractivity contribution < 1.29 is 0 Å². The molecule has 18 heavy (non-hydrogen) atoms. The number of rotatable bonds is 4. The van der Waals surface area contributed by atoms with Crippen LogP contribution in [0.2, 0.25) is 0 Å². The fourth-order valence-corrected chi connectivity index (χ4v) is 2.41. The van der Waals surface area contributed by atoms with E-state index in [-0.39, 0.29) is 0 Å². The predicted octanol–water partition coefficient (Wildman–Crippen LogP) is 1.96. The van der Waals surface area contributed by atoms with Gasteiger partial charge in [-0.1, -0.05) is 13.8 Å². The molecule has 1 fully saturated rings. The summed E-state index contributed by atoms with van der Waals surface area (Å²) >= 11 is 5.77. The van der Waals surface area contributed by atoms with Crippen LogP contribution in [-0.4, -0.2) is 53.5 Å². The number of halogens is 1. The first-order valence-corrected chi connectivity index (χ1v) is 7.09. The van der Waals surface area contributed by atoms with Gasteiger partial charge in [0.25, 0.3) is 0 Å². The van der Waals surface area contributed by atoms with Crippen molar-refractivity contribution in [2.75, 3.05) is 43.5 Å². The first-order chi connectivity index (χ1) is 8.70. The number of aromatic nitrogens is 2. The maximum atomic E-state index is 5.77. The van der Waals surface area contributed by atoms with Crippen molar-refractivity contribution in [2.24, 2.45) is 0 Å². The van der Waals surface area contributed by atoms with Crippen LogP contribution in [0.3, 0.4) is 0 Å². The number of nitrogens with zero attached hydrogens (tertiary/aromatic N) is 4. The number of hydrogen-bond donors (Lipinski definition) is 0. The van der Waals surface area contributed by atoms with Gasteiger partial charge in [-0.2, -0.15) is 0 Å². The first kappa shape index (κ1) is 13.6. The van der Waals surface area contributed by atoms with Crippen molar-refractivity contribution in [3.8, 4) is 0 Å². The second kappa shape index (κ2) is 6.34. The summed E-state index contributed by atoms with van der Waals surface area (Å²) in [7, 11) is 0. The Labute approximate surface area is 114 Å². The highest BCUT2D eigenvalue weighted by Gasteiger charge is 2.18. The largest absolute Gasteiger partial charge is 0.354 e. The molecule has 0 spiro atoms. The SMILES string of the molecule is CC(C)c1cc(N2CCN(CCCl)CC2)ncn1. The van der Waals surface area contributed by atoms with E-state index < -0.39 is 0 Å². The van der Waals surface area contributed by atoms with Gasteiger partial charge in [0, 0.05) is 50.4 Å². The van der Waals surface area contributed by atoms with Crippen LogP contribution >= 0.6 is 11.6 Å². The molecular weight excluding hydrogens is 248 g/mol. The van der Waals surface area contributed by atoms with Crippen LogP contribution in [0.1, 0.15) is 25.5 Å². The minimum absolute atomic E-state index is 0.448. The average Bonchev–Trinajstić information content (AvgIpc) is 2.40. The van der Waals surface area contributed by atoms with Crippen LogP contribution < -0.4 is 4.90 Å². The lowest BCUT2D eigenvalue weighted by atomic mass is 10.1. The Morgan fingerprint density at radius 3 is 2.56 bits per heavy atom. The molecule has 1 aliphatic heterocycles. The Bertz CT molecular complexity index is 375. The van der Waals surface area contributed by atoms with Crippen LogP contribution in [0.15, 0.2) is 12.4 Å². The summed E-state index contributed by atoms with van der Waals surface area (Å²) in [5.41, 5.74) is 1.11. The zero-order valence-electron chi connectivity index (χ0n) is 11.1. The molecule has 1 saturated heterocycles. The second-order valence-electron chi connectivity index (χ2n) is 4.97. The molecule has 0 radical (unpaired) electrons. The van der Waals surface area contributed by atoms with Gasteiger partial charge in [-0.15, -0.1) is 11.6 Å². The molecule has 2 rings (SSSR count). The molecule has 2 heterocycles. The fraction of sp³-hybridized carbons (Fsp3) is 0.692. The van der Waals surface area contributed by atoms with E-state index in [9.17, 15) is 0 Å². The van der Waals surface area contributed by atoms with Crippen LogP contribution in [0, 0.1) is 0 Å². The monoisotopic (exact) mass is 268 g/mol. The predicted molar refractivity (Wildman–Crippen MR) is 75.5 cm³/mol. The van der Waals surface area contributed by atoms with Crippen molar-refractivity contribution in [1.82, 2.24) is 14.9 Å². The van der Waals surface area contributed by atoms with Crippen LogP contribution in [-0.2, 0) is 0 Å². The zero-order valence-corrected chi connectivity index (χ0v) is 11.9. The number of alkyl halides is 1. The molecular formula is C13H21ClN4. The Balaban J connectivity index is 1.98. The highest BCUT2D eigenvalue weighted by Crippen LogP contribution is 2.18. The third-order valence-electron chi connectivity index (χ3n) is 3.36. The fourth-order valence-electron chi connectivity index (χ4n) is 2.17. The van der Waals surface area contributed by atoms with Crippen molar-refractivity contribution in [3.63, 3.8) is 0 Å². The molecule has 0 aromatic carbocycles. The lowest BCUT2D eigenvalue weighted by Gasteiger charge is -2.35. The molecule has 4 nitrogen and oxygen atoms in total. The summed E-state index contributed by atoms with van der Waals surface area (Å²) in [4.78, 5) is 13.4. The summed E-state index contributed by atoms with van der Waals surface area (Å²) < 4.78 is 0. The molecule has 0 amide bonds. The summed E-state index contributed by atoms with van der Waals surface area (Å²) in [6.45, 7) is 9.46. The third-order valence-corrected chi connectivity index (χ3v) is 3.53. The Hall–Kier alpha value is -0.870. The summed E-state index contributed by atoms with van der Waals surface area (Å²) in [6, 6.07) is 2.11. The smallest absolute Gasteiger partial charge is 0.132 e. The van der Waals surface area contributed by atoms with E-state index in [1.54, 1.807) is 6.33 Å². The minimum Gasteiger partial charge on any atom is -0.354 e. The molecule has 0 N–H and O–H groups in total. The molecule has 0 atom stereocenters. The standard InChI is InChI=1S/C13H21ClN4/c1-11(2)12-9-13(16-10-15-12)18-7-5-17(4-3-14)6-8-18/h9-11H,3-8H2,1-2H3. The molecule has 1 aliphatic rings. The van der Waals surface area contributed by atoms with Crippen molar-refractivity contribution in [3.05, 3.63) is 18.1 Å². The highest BCUT2D eigenvalue weighted by atomic mass is 35.5. The Morgan fingerprint density at radius 1 is 1.22 bits per heavy atom. The van der Waals surface area contributed by atoms with Gasteiger partial charge in [0.2, 0.25) is 0 Å². The van der Waals surface area contributed by atoms with Crippen LogP contribution in [0.5, 0.6) is 0 Å². The number of hydrogen-bond acceptors (Lipinski definition) is 4. The molecule has 1 aromatic rings. The maximum Gasteiger partial charge on any atom is 0.132 e. The Morgan fingerprint density at radius 2 is 1.94 bits per heavy atom. The molecule has 100 valence electrons. The third kappa shape index (κ3) is 3.33. The normalized spacial score (nSPS) is 17.4. The lowest BCUT2D eigenvalue weighted by Crippen LogP contribution is -2.47. The topological polar surface area (TPSA) is 32.3 Å². The second-order valence-corrected chi connectivity index (χ2v) is 5.35. The van der Waals surface area contributed by atoms with Gasteiger partial charge < -0.3 is 4.90 Å². The van der Waals surface area contributed by atoms with Gasteiger partial charge in [-0.05, 0) is 5.92 Å². The molecule has 0 saturated carbocycles. The van der Waals surface area contributed by atoms with E-state index >= 15 is 0 Å². The van der Waals surface area contributed by atoms with E-state index in [0.29, 0.717) is 11.8 Å². The van der Waals surface area contributed by atoms with E-state index in [2.05, 4.69) is 39.7 Å². The van der Waals surface area contributed by atoms with Gasteiger partial charge in [-0.25, -0.2) is 9.97 Å². The maximum absolute atomic E-state index is 5.77. The van der Waals surface area contributed by atoms with Gasteiger partial charge >= 0.3 is 0 Å². The molecule has 0 unspecified atom stereocenters. The van der Waals surface area contributed by atoms with Gasteiger partial charge in [0.15, 0.2) is 0 Å².